The number of nitrogens with zero attached hydrogens (tertiary/aromatic N) is 3. The number of rotatable bonds is 8. The average molecular weight is 395 g/mol. The largest absolute Gasteiger partial charge is 0.415 e. The van der Waals surface area contributed by atoms with Crippen molar-refractivity contribution in [1.29, 1.82) is 0 Å². The van der Waals surface area contributed by atoms with Crippen LogP contribution >= 0.6 is 0 Å². The standard InChI is InChI=1S/C22H26N4O3/c1-5-16-6-8-17(9-7-16)20(14(2)3)23-15(4)21-24-25-22(29-21)18-10-12-19(13-11-18)26(27)28/h6-15,20,23H,5H2,1-4H3/p+1/t15-,20-/m1/s1. The van der Waals surface area contributed by atoms with Gasteiger partial charge in [-0.25, -0.2) is 0 Å². The van der Waals surface area contributed by atoms with Gasteiger partial charge in [0.2, 0.25) is 5.89 Å². The molecule has 0 saturated heterocycles. The average Bonchev–Trinajstić information content (AvgIpc) is 3.22. The molecule has 0 unspecified atom stereocenters. The summed E-state index contributed by atoms with van der Waals surface area (Å²) in [5, 5.41) is 21.4. The summed E-state index contributed by atoms with van der Waals surface area (Å²) in [7, 11) is 0. The molecule has 7 nitrogen and oxygen atoms in total. The number of nitro benzene ring substituents is 1. The van der Waals surface area contributed by atoms with Crippen molar-refractivity contribution in [1.82, 2.24) is 10.2 Å². The molecule has 2 N–H and O–H groups in total. The molecule has 29 heavy (non-hydrogen) atoms. The zero-order chi connectivity index (χ0) is 21.0. The van der Waals surface area contributed by atoms with Crippen LogP contribution in [0.3, 0.4) is 0 Å². The van der Waals surface area contributed by atoms with Gasteiger partial charge in [0.25, 0.3) is 11.6 Å². The van der Waals surface area contributed by atoms with E-state index in [0.717, 1.165) is 6.42 Å². The van der Waals surface area contributed by atoms with Crippen LogP contribution < -0.4 is 5.32 Å². The van der Waals surface area contributed by atoms with Gasteiger partial charge in [0.1, 0.15) is 6.04 Å². The van der Waals surface area contributed by atoms with Crippen molar-refractivity contribution in [3.8, 4) is 11.5 Å². The Kier molecular flexibility index (Phi) is 6.39. The van der Waals surface area contributed by atoms with Crippen LogP contribution in [0.2, 0.25) is 0 Å². The minimum atomic E-state index is -0.431. The van der Waals surface area contributed by atoms with E-state index in [1.165, 1.54) is 23.3 Å². The molecule has 0 fully saturated rings. The van der Waals surface area contributed by atoms with Gasteiger partial charge in [-0.3, -0.25) is 10.1 Å². The Hall–Kier alpha value is -3.06. The van der Waals surface area contributed by atoms with Crippen LogP contribution in [-0.4, -0.2) is 15.1 Å². The second-order valence-corrected chi connectivity index (χ2v) is 7.60. The van der Waals surface area contributed by atoms with E-state index in [2.05, 4.69) is 60.6 Å². The summed E-state index contributed by atoms with van der Waals surface area (Å²) in [5.41, 5.74) is 3.30. The van der Waals surface area contributed by atoms with E-state index in [-0.39, 0.29) is 17.8 Å². The third-order valence-electron chi connectivity index (χ3n) is 5.14. The van der Waals surface area contributed by atoms with Crippen molar-refractivity contribution in [2.24, 2.45) is 5.92 Å². The highest BCUT2D eigenvalue weighted by molar-refractivity contribution is 5.55. The van der Waals surface area contributed by atoms with Crippen molar-refractivity contribution in [3.05, 3.63) is 75.7 Å². The van der Waals surface area contributed by atoms with Crippen LogP contribution in [-0.2, 0) is 6.42 Å². The molecule has 1 heterocycles. The lowest BCUT2D eigenvalue weighted by Gasteiger charge is -2.22. The van der Waals surface area contributed by atoms with Gasteiger partial charge in [0.15, 0.2) is 6.04 Å². The second-order valence-electron chi connectivity index (χ2n) is 7.60. The third kappa shape index (κ3) is 4.86. The van der Waals surface area contributed by atoms with Gasteiger partial charge in [-0.15, -0.1) is 10.2 Å². The van der Waals surface area contributed by atoms with Gasteiger partial charge in [-0.1, -0.05) is 45.0 Å². The molecule has 7 heteroatoms. The van der Waals surface area contributed by atoms with Gasteiger partial charge < -0.3 is 9.73 Å². The van der Waals surface area contributed by atoms with E-state index in [4.69, 9.17) is 4.42 Å². The van der Waals surface area contributed by atoms with Gasteiger partial charge in [0, 0.05) is 29.2 Å². The molecule has 3 aromatic rings. The minimum Gasteiger partial charge on any atom is -0.415 e. The Morgan fingerprint density at radius 3 is 2.24 bits per heavy atom. The first-order chi connectivity index (χ1) is 13.9. The van der Waals surface area contributed by atoms with Crippen LogP contribution in [0.5, 0.6) is 0 Å². The maximum absolute atomic E-state index is 10.8. The Morgan fingerprint density at radius 1 is 1.03 bits per heavy atom. The quantitative estimate of drug-likeness (QED) is 0.454. The highest BCUT2D eigenvalue weighted by Gasteiger charge is 2.26. The molecule has 2 atom stereocenters. The van der Waals surface area contributed by atoms with Gasteiger partial charge in [-0.05, 0) is 31.0 Å². The molecular formula is C22H27N4O3+. The number of nitrogens with two attached hydrogens (primary N) is 1. The first-order valence-corrected chi connectivity index (χ1v) is 9.91. The molecule has 0 amide bonds. The number of benzene rings is 2. The third-order valence-corrected chi connectivity index (χ3v) is 5.14. The lowest BCUT2D eigenvalue weighted by Crippen LogP contribution is -2.86. The van der Waals surface area contributed by atoms with E-state index in [1.54, 1.807) is 12.1 Å². The van der Waals surface area contributed by atoms with E-state index in [9.17, 15) is 10.1 Å². The topological polar surface area (TPSA) is 98.7 Å². The van der Waals surface area contributed by atoms with Gasteiger partial charge >= 0.3 is 0 Å². The Morgan fingerprint density at radius 2 is 1.69 bits per heavy atom. The number of hydrogen-bond acceptors (Lipinski definition) is 5. The number of quaternary nitrogens is 1. The van der Waals surface area contributed by atoms with Gasteiger partial charge in [0.05, 0.1) is 4.92 Å². The summed E-state index contributed by atoms with van der Waals surface area (Å²) >= 11 is 0. The summed E-state index contributed by atoms with van der Waals surface area (Å²) in [6.07, 6.45) is 1.03. The van der Waals surface area contributed by atoms with Crippen LogP contribution in [0.25, 0.3) is 11.5 Å². The van der Waals surface area contributed by atoms with Crippen molar-refractivity contribution in [2.45, 2.75) is 46.2 Å². The van der Waals surface area contributed by atoms with Crippen LogP contribution in [0.1, 0.15) is 56.8 Å². The fourth-order valence-corrected chi connectivity index (χ4v) is 3.35. The van der Waals surface area contributed by atoms with Crippen molar-refractivity contribution < 1.29 is 14.7 Å². The molecule has 0 spiro atoms. The highest BCUT2D eigenvalue weighted by Crippen LogP contribution is 2.24. The molecule has 0 radical (unpaired) electrons. The first kappa shape index (κ1) is 20.7. The Bertz CT molecular complexity index is 949. The zero-order valence-corrected chi connectivity index (χ0v) is 17.2. The fourth-order valence-electron chi connectivity index (χ4n) is 3.35. The maximum Gasteiger partial charge on any atom is 0.274 e. The fraction of sp³-hybridized carbons (Fsp3) is 0.364. The summed E-state index contributed by atoms with van der Waals surface area (Å²) in [6.45, 7) is 8.61. The molecule has 0 bridgehead atoms. The predicted octanol–water partition coefficient (Wildman–Crippen LogP) is 4.23. The predicted molar refractivity (Wildman–Crippen MR) is 110 cm³/mol. The smallest absolute Gasteiger partial charge is 0.274 e. The molecule has 3 rings (SSSR count). The molecule has 0 saturated carbocycles. The Labute approximate surface area is 170 Å². The van der Waals surface area contributed by atoms with Crippen LogP contribution in [0.15, 0.2) is 52.9 Å². The lowest BCUT2D eigenvalue weighted by atomic mass is 9.94. The van der Waals surface area contributed by atoms with E-state index in [0.29, 0.717) is 23.3 Å². The molecule has 0 aliphatic heterocycles. The molecular weight excluding hydrogens is 368 g/mol. The molecule has 152 valence electrons. The SMILES string of the molecule is CCc1ccc([C@H]([NH2+][C@H](C)c2nnc(-c3ccc([N+](=O)[O-])cc3)o2)C(C)C)cc1. The number of non-ortho nitro benzene ring substituents is 1. The monoisotopic (exact) mass is 395 g/mol. The number of hydrogen-bond donors (Lipinski definition) is 1. The number of nitro groups is 1. The zero-order valence-electron chi connectivity index (χ0n) is 17.2. The van der Waals surface area contributed by atoms with E-state index >= 15 is 0 Å². The molecule has 0 aliphatic carbocycles. The maximum atomic E-state index is 10.8. The highest BCUT2D eigenvalue weighted by atomic mass is 16.6. The summed E-state index contributed by atoms with van der Waals surface area (Å²) in [5.74, 6) is 1.33. The van der Waals surface area contributed by atoms with Crippen LogP contribution in [0.4, 0.5) is 5.69 Å². The van der Waals surface area contributed by atoms with E-state index in [1.807, 2.05) is 6.92 Å². The summed E-state index contributed by atoms with van der Waals surface area (Å²) in [6, 6.07) is 15.1. The van der Waals surface area contributed by atoms with Crippen LogP contribution in [0, 0.1) is 16.0 Å². The number of aromatic nitrogens is 2. The normalized spacial score (nSPS) is 13.4. The molecule has 2 aromatic carbocycles. The van der Waals surface area contributed by atoms with E-state index < -0.39 is 4.92 Å². The number of aryl methyl sites for hydroxylation is 1. The summed E-state index contributed by atoms with van der Waals surface area (Å²) in [4.78, 5) is 10.4. The second kappa shape index (κ2) is 8.96. The van der Waals surface area contributed by atoms with Crippen molar-refractivity contribution in [3.63, 3.8) is 0 Å². The first-order valence-electron chi connectivity index (χ1n) is 9.91. The van der Waals surface area contributed by atoms with Crippen molar-refractivity contribution in [2.75, 3.05) is 0 Å². The minimum absolute atomic E-state index is 0.0208. The molecule has 1 aromatic heterocycles. The summed E-state index contributed by atoms with van der Waals surface area (Å²) < 4.78 is 5.86. The Balaban J connectivity index is 1.75. The van der Waals surface area contributed by atoms with Gasteiger partial charge in [-0.2, -0.15) is 0 Å². The lowest BCUT2D eigenvalue weighted by molar-refractivity contribution is -0.739. The molecule has 0 aliphatic rings. The van der Waals surface area contributed by atoms with Crippen molar-refractivity contribution >= 4 is 5.69 Å².